The molecule has 10 nitrogen and oxygen atoms in total. The number of sulfonamides is 1. The molecule has 1 unspecified atom stereocenters. The summed E-state index contributed by atoms with van der Waals surface area (Å²) >= 11 is 0. The molecule has 1 aliphatic rings. The number of rotatable bonds is 13. The van der Waals surface area contributed by atoms with E-state index in [2.05, 4.69) is 6.07 Å². The molecule has 0 aromatic heterocycles. The van der Waals surface area contributed by atoms with Crippen LogP contribution in [-0.2, 0) is 23.1 Å². The molecule has 0 saturated heterocycles. The monoisotopic (exact) mass is 584 g/mol. The lowest BCUT2D eigenvalue weighted by atomic mass is 10.0. The second-order valence-corrected chi connectivity index (χ2v) is 12.4. The molecule has 41 heavy (non-hydrogen) atoms. The molecule has 0 bridgehead atoms. The van der Waals surface area contributed by atoms with E-state index in [4.69, 9.17) is 14.2 Å². The van der Waals surface area contributed by atoms with E-state index in [9.17, 15) is 23.5 Å². The Morgan fingerprint density at radius 3 is 2.41 bits per heavy atom. The van der Waals surface area contributed by atoms with Crippen LogP contribution in [0.15, 0.2) is 71.6 Å². The van der Waals surface area contributed by atoms with Gasteiger partial charge < -0.3 is 19.3 Å². The third-order valence-electron chi connectivity index (χ3n) is 6.69. The summed E-state index contributed by atoms with van der Waals surface area (Å²) in [6.07, 6.45) is -1.26. The lowest BCUT2D eigenvalue weighted by Gasteiger charge is -2.28. The number of carbonyl (C=O) groups is 1. The molecule has 11 heteroatoms. The lowest BCUT2D eigenvalue weighted by Crippen LogP contribution is -2.42. The molecule has 1 aliphatic heterocycles. The van der Waals surface area contributed by atoms with Gasteiger partial charge in [-0.2, -0.15) is 9.37 Å². The van der Waals surface area contributed by atoms with Crippen LogP contribution < -0.4 is 14.2 Å². The maximum atomic E-state index is 13.6. The Bertz CT molecular complexity index is 1440. The van der Waals surface area contributed by atoms with Gasteiger partial charge >= 0.3 is 6.09 Å². The Labute approximate surface area is 240 Å². The van der Waals surface area contributed by atoms with Gasteiger partial charge in [0, 0.05) is 19.2 Å². The van der Waals surface area contributed by atoms with Gasteiger partial charge in [0.05, 0.1) is 10.9 Å². The molecule has 4 rings (SSSR count). The average Bonchev–Trinajstić information content (AvgIpc) is 3.41. The highest BCUT2D eigenvalue weighted by Gasteiger charge is 2.30. The van der Waals surface area contributed by atoms with Crippen molar-refractivity contribution in [3.8, 4) is 17.2 Å². The average molecular weight is 585 g/mol. The lowest BCUT2D eigenvalue weighted by molar-refractivity contribution is -0.0984. The molecular weight excluding hydrogens is 548 g/mol. The van der Waals surface area contributed by atoms with Gasteiger partial charge in [0.15, 0.2) is 11.5 Å². The Kier molecular flexibility index (Phi) is 9.74. The highest BCUT2D eigenvalue weighted by Crippen LogP contribution is 2.35. The van der Waals surface area contributed by atoms with E-state index in [0.29, 0.717) is 23.9 Å². The number of aryl methyl sites for hydroxylation is 1. The van der Waals surface area contributed by atoms with Crippen molar-refractivity contribution in [3.63, 3.8) is 0 Å². The van der Waals surface area contributed by atoms with Gasteiger partial charge in [-0.05, 0) is 61.1 Å². The summed E-state index contributed by atoms with van der Waals surface area (Å²) in [6.45, 7) is 6.48. The van der Waals surface area contributed by atoms with E-state index < -0.39 is 22.2 Å². The third-order valence-corrected chi connectivity index (χ3v) is 8.55. The Hall–Kier alpha value is -3.80. The summed E-state index contributed by atoms with van der Waals surface area (Å²) in [5.41, 5.74) is 2.97. The number of hydrogen-bond donors (Lipinski definition) is 2. The molecule has 1 amide bonds. The van der Waals surface area contributed by atoms with E-state index in [1.54, 1.807) is 18.2 Å². The number of nitrogens with zero attached hydrogens (tertiary/aromatic N) is 2. The number of benzene rings is 3. The minimum atomic E-state index is -3.94. The van der Waals surface area contributed by atoms with Crippen molar-refractivity contribution in [2.24, 2.45) is 5.92 Å². The first-order valence-electron chi connectivity index (χ1n) is 13.4. The van der Waals surface area contributed by atoms with Crippen LogP contribution in [0.4, 0.5) is 4.79 Å². The first kappa shape index (κ1) is 30.2. The van der Waals surface area contributed by atoms with Crippen LogP contribution in [0.25, 0.3) is 0 Å². The number of hydrogen-bond acceptors (Lipinski definition) is 7. The second-order valence-electron chi connectivity index (χ2n) is 10.5. The van der Waals surface area contributed by atoms with Crippen LogP contribution in [0.1, 0.15) is 37.0 Å². The molecule has 1 atom stereocenters. The summed E-state index contributed by atoms with van der Waals surface area (Å²) in [5.74, 6) is 1.49. The smallest absolute Gasteiger partial charge is 0.431 e. The van der Waals surface area contributed by atoms with Crippen LogP contribution in [0.3, 0.4) is 0 Å². The summed E-state index contributed by atoms with van der Waals surface area (Å²) < 4.78 is 45.0. The molecule has 0 radical (unpaired) electrons. The molecule has 0 aliphatic carbocycles. The number of ether oxygens (including phenoxy) is 3. The van der Waals surface area contributed by atoms with E-state index in [1.165, 1.54) is 16.4 Å². The number of fused-ring (bicyclic) bond motifs is 1. The van der Waals surface area contributed by atoms with Gasteiger partial charge in [0.25, 0.3) is 0 Å². The minimum absolute atomic E-state index is 0.00164. The van der Waals surface area contributed by atoms with E-state index in [-0.39, 0.29) is 48.6 Å². The zero-order valence-corrected chi connectivity index (χ0v) is 24.2. The topological polar surface area (TPSA) is 126 Å². The van der Waals surface area contributed by atoms with Crippen LogP contribution in [0.2, 0.25) is 0 Å². The van der Waals surface area contributed by atoms with E-state index in [0.717, 1.165) is 16.7 Å². The van der Waals surface area contributed by atoms with Crippen molar-refractivity contribution in [2.45, 2.75) is 51.2 Å². The maximum absolute atomic E-state index is 13.6. The highest BCUT2D eigenvalue weighted by molar-refractivity contribution is 7.89. The first-order valence-corrected chi connectivity index (χ1v) is 14.8. The number of hydroxylamine groups is 2. The Balaban J connectivity index is 1.45. The normalized spacial score (nSPS) is 13.4. The minimum Gasteiger partial charge on any atom is -0.489 e. The molecule has 0 fully saturated rings. The Morgan fingerprint density at radius 1 is 1.00 bits per heavy atom. The molecule has 3 aromatic carbocycles. The summed E-state index contributed by atoms with van der Waals surface area (Å²) in [6, 6.07) is 18.8. The zero-order valence-electron chi connectivity index (χ0n) is 23.4. The fourth-order valence-electron chi connectivity index (χ4n) is 4.63. The van der Waals surface area contributed by atoms with Crippen molar-refractivity contribution in [1.82, 2.24) is 9.37 Å². The molecular formula is C30H36N2O8S. The van der Waals surface area contributed by atoms with Crippen molar-refractivity contribution >= 4 is 16.1 Å². The molecule has 1 heterocycles. The van der Waals surface area contributed by atoms with Crippen LogP contribution in [0.5, 0.6) is 17.2 Å². The molecule has 0 spiro atoms. The maximum Gasteiger partial charge on any atom is 0.431 e. The van der Waals surface area contributed by atoms with Crippen molar-refractivity contribution < 1.29 is 37.7 Å². The van der Waals surface area contributed by atoms with Gasteiger partial charge in [-0.25, -0.2) is 13.2 Å². The van der Waals surface area contributed by atoms with Crippen LogP contribution in [-0.4, -0.2) is 60.1 Å². The van der Waals surface area contributed by atoms with E-state index >= 15 is 0 Å². The van der Waals surface area contributed by atoms with Crippen LogP contribution in [0, 0.1) is 12.8 Å². The fraction of sp³-hybridized carbons (Fsp3) is 0.367. The second kappa shape index (κ2) is 13.2. The summed E-state index contributed by atoms with van der Waals surface area (Å²) in [4.78, 5) is 11.7. The van der Waals surface area contributed by atoms with Crippen molar-refractivity contribution in [1.29, 1.82) is 0 Å². The predicted octanol–water partition coefficient (Wildman–Crippen LogP) is 5.32. The molecule has 2 N–H and O–H groups in total. The SMILES string of the molecule is Cc1cccc(COc2ccc(CC(CCN(CC(C)C)S(=O)(=O)c3ccc4c(c3)OCO4)N(O)C(=O)O)cc2)c1. The van der Waals surface area contributed by atoms with Gasteiger partial charge in [-0.3, -0.25) is 5.21 Å². The molecule has 0 saturated carbocycles. The van der Waals surface area contributed by atoms with E-state index in [1.807, 2.05) is 51.1 Å². The van der Waals surface area contributed by atoms with Gasteiger partial charge in [-0.15, -0.1) is 0 Å². The quantitative estimate of drug-likeness (QED) is 0.204. The van der Waals surface area contributed by atoms with Crippen molar-refractivity contribution in [3.05, 3.63) is 83.4 Å². The Morgan fingerprint density at radius 2 is 1.73 bits per heavy atom. The molecule has 220 valence electrons. The number of carboxylic acid groups (broad SMARTS) is 1. The van der Waals surface area contributed by atoms with Crippen LogP contribution >= 0.6 is 0 Å². The largest absolute Gasteiger partial charge is 0.489 e. The predicted molar refractivity (Wildman–Crippen MR) is 152 cm³/mol. The standard InChI is InChI=1S/C30H36N2O8S/c1-21(2)18-31(41(36,37)27-11-12-28-29(17-27)40-20-39-28)14-13-25(32(35)30(33)34)16-23-7-9-26(10-8-23)38-19-24-6-4-5-22(3)15-24/h4-12,15,17,21,25,35H,13-14,16,18-20H2,1-3H3,(H,33,34). The van der Waals surface area contributed by atoms with Crippen molar-refractivity contribution in [2.75, 3.05) is 19.9 Å². The van der Waals surface area contributed by atoms with Gasteiger partial charge in [0.2, 0.25) is 16.8 Å². The summed E-state index contributed by atoms with van der Waals surface area (Å²) in [7, 11) is -3.94. The zero-order chi connectivity index (χ0) is 29.6. The summed E-state index contributed by atoms with van der Waals surface area (Å²) in [5, 5.41) is 20.1. The number of amides is 1. The molecule has 3 aromatic rings. The van der Waals surface area contributed by atoms with Gasteiger partial charge in [0.1, 0.15) is 12.4 Å². The fourth-order valence-corrected chi connectivity index (χ4v) is 6.26. The first-order chi connectivity index (χ1) is 19.5. The highest BCUT2D eigenvalue weighted by atomic mass is 32.2. The van der Waals surface area contributed by atoms with Gasteiger partial charge in [-0.1, -0.05) is 55.8 Å². The third kappa shape index (κ3) is 7.90.